The maximum absolute atomic E-state index is 12.0. The third kappa shape index (κ3) is 4.97. The number of aliphatic hydroxyl groups is 1. The van der Waals surface area contributed by atoms with E-state index < -0.39 is 12.1 Å². The van der Waals surface area contributed by atoms with E-state index in [9.17, 15) is 9.90 Å². The molecule has 2 aromatic rings. The summed E-state index contributed by atoms with van der Waals surface area (Å²) in [4.78, 5) is 12.0. The van der Waals surface area contributed by atoms with Crippen LogP contribution in [0.2, 0.25) is 0 Å². The molecule has 2 amide bonds. The molecule has 0 bridgehead atoms. The monoisotopic (exact) mass is 378 g/mol. The van der Waals surface area contributed by atoms with Gasteiger partial charge >= 0.3 is 6.03 Å². The molecule has 0 aliphatic heterocycles. The highest BCUT2D eigenvalue weighted by Gasteiger charge is 2.18. The van der Waals surface area contributed by atoms with Crippen molar-refractivity contribution >= 4 is 27.6 Å². The van der Waals surface area contributed by atoms with E-state index in [4.69, 9.17) is 4.74 Å². The number of hydrogen-bond donors (Lipinski definition) is 3. The standard InChI is InChI=1S/C17H19BrN2O3/c1-11(16(21)12-6-8-13(18)9-7-12)19-17(22)20-14-4-3-5-15(10-14)23-2/h3-11,16,21H,1-2H3,(H2,19,20,22). The van der Waals surface area contributed by atoms with Crippen molar-refractivity contribution in [2.24, 2.45) is 0 Å². The van der Waals surface area contributed by atoms with Crippen LogP contribution in [0.5, 0.6) is 5.75 Å². The first kappa shape index (κ1) is 17.3. The summed E-state index contributed by atoms with van der Waals surface area (Å²) in [6, 6.07) is 13.6. The number of anilines is 1. The second-order valence-electron chi connectivity index (χ2n) is 5.12. The van der Waals surface area contributed by atoms with E-state index in [-0.39, 0.29) is 6.03 Å². The van der Waals surface area contributed by atoms with Crippen molar-refractivity contribution in [3.63, 3.8) is 0 Å². The fourth-order valence-corrected chi connectivity index (χ4v) is 2.37. The van der Waals surface area contributed by atoms with Crippen LogP contribution in [0.4, 0.5) is 10.5 Å². The van der Waals surface area contributed by atoms with Crippen LogP contribution in [0.25, 0.3) is 0 Å². The summed E-state index contributed by atoms with van der Waals surface area (Å²) in [6.07, 6.45) is -0.792. The second-order valence-corrected chi connectivity index (χ2v) is 6.03. The van der Waals surface area contributed by atoms with Gasteiger partial charge in [-0.05, 0) is 36.8 Å². The Hall–Kier alpha value is -2.05. The van der Waals surface area contributed by atoms with Gasteiger partial charge in [0.25, 0.3) is 0 Å². The minimum absolute atomic E-state index is 0.387. The molecule has 23 heavy (non-hydrogen) atoms. The minimum atomic E-state index is -0.792. The van der Waals surface area contributed by atoms with Crippen molar-refractivity contribution in [2.75, 3.05) is 12.4 Å². The zero-order valence-corrected chi connectivity index (χ0v) is 14.5. The van der Waals surface area contributed by atoms with E-state index in [2.05, 4.69) is 26.6 Å². The minimum Gasteiger partial charge on any atom is -0.497 e. The van der Waals surface area contributed by atoms with E-state index in [1.807, 2.05) is 24.3 Å². The Kier molecular flexibility index (Phi) is 6.01. The number of hydrogen-bond acceptors (Lipinski definition) is 3. The lowest BCUT2D eigenvalue weighted by molar-refractivity contribution is 0.139. The summed E-state index contributed by atoms with van der Waals surface area (Å²) in [6.45, 7) is 1.75. The highest BCUT2D eigenvalue weighted by Crippen LogP contribution is 2.20. The van der Waals surface area contributed by atoms with Gasteiger partial charge in [-0.3, -0.25) is 0 Å². The first-order valence-corrected chi connectivity index (χ1v) is 7.94. The van der Waals surface area contributed by atoms with Gasteiger partial charge in [-0.15, -0.1) is 0 Å². The molecule has 0 fully saturated rings. The number of nitrogens with one attached hydrogen (secondary N) is 2. The lowest BCUT2D eigenvalue weighted by Crippen LogP contribution is -2.39. The first-order valence-electron chi connectivity index (χ1n) is 7.14. The van der Waals surface area contributed by atoms with Crippen molar-refractivity contribution in [1.29, 1.82) is 0 Å². The van der Waals surface area contributed by atoms with Crippen LogP contribution in [0.1, 0.15) is 18.6 Å². The van der Waals surface area contributed by atoms with Crippen LogP contribution in [0.15, 0.2) is 53.0 Å². The molecule has 122 valence electrons. The third-order valence-corrected chi connectivity index (χ3v) is 3.90. The Morgan fingerprint density at radius 2 is 1.91 bits per heavy atom. The van der Waals surface area contributed by atoms with Crippen molar-refractivity contribution in [2.45, 2.75) is 19.1 Å². The Balaban J connectivity index is 1.94. The molecule has 5 nitrogen and oxygen atoms in total. The van der Waals surface area contributed by atoms with Crippen molar-refractivity contribution in [3.05, 3.63) is 58.6 Å². The van der Waals surface area contributed by atoms with Crippen LogP contribution < -0.4 is 15.4 Å². The Morgan fingerprint density at radius 1 is 1.22 bits per heavy atom. The molecule has 3 N–H and O–H groups in total. The molecule has 0 spiro atoms. The zero-order chi connectivity index (χ0) is 16.8. The largest absolute Gasteiger partial charge is 0.497 e. The lowest BCUT2D eigenvalue weighted by Gasteiger charge is -2.21. The molecule has 0 heterocycles. The number of aliphatic hydroxyl groups excluding tert-OH is 1. The Bertz CT molecular complexity index is 661. The predicted octanol–water partition coefficient (Wildman–Crippen LogP) is 3.70. The number of benzene rings is 2. The molecule has 0 aliphatic rings. The van der Waals surface area contributed by atoms with Crippen LogP contribution in [-0.4, -0.2) is 24.3 Å². The van der Waals surface area contributed by atoms with Gasteiger partial charge in [-0.1, -0.05) is 34.1 Å². The van der Waals surface area contributed by atoms with Gasteiger partial charge in [-0.25, -0.2) is 4.79 Å². The van der Waals surface area contributed by atoms with Crippen molar-refractivity contribution in [3.8, 4) is 5.75 Å². The number of methoxy groups -OCH3 is 1. The maximum Gasteiger partial charge on any atom is 0.319 e. The van der Waals surface area contributed by atoms with E-state index in [1.165, 1.54) is 0 Å². The van der Waals surface area contributed by atoms with Gasteiger partial charge in [0.15, 0.2) is 0 Å². The van der Waals surface area contributed by atoms with E-state index in [1.54, 1.807) is 38.3 Å². The Morgan fingerprint density at radius 3 is 2.57 bits per heavy atom. The summed E-state index contributed by atoms with van der Waals surface area (Å²) >= 11 is 3.35. The number of urea groups is 1. The van der Waals surface area contributed by atoms with Gasteiger partial charge in [-0.2, -0.15) is 0 Å². The molecule has 2 atom stereocenters. The highest BCUT2D eigenvalue weighted by atomic mass is 79.9. The molecular formula is C17H19BrN2O3. The van der Waals surface area contributed by atoms with Crippen LogP contribution in [0, 0.1) is 0 Å². The third-order valence-electron chi connectivity index (χ3n) is 3.37. The average molecular weight is 379 g/mol. The summed E-state index contributed by atoms with van der Waals surface area (Å²) in [5.74, 6) is 0.658. The highest BCUT2D eigenvalue weighted by molar-refractivity contribution is 9.10. The van der Waals surface area contributed by atoms with E-state index >= 15 is 0 Å². The summed E-state index contributed by atoms with van der Waals surface area (Å²) < 4.78 is 6.04. The summed E-state index contributed by atoms with van der Waals surface area (Å²) in [5, 5.41) is 15.7. The number of halogens is 1. The molecule has 0 aromatic heterocycles. The Labute approximate surface area is 143 Å². The normalized spacial score (nSPS) is 13.0. The van der Waals surface area contributed by atoms with Crippen LogP contribution >= 0.6 is 15.9 Å². The SMILES string of the molecule is COc1cccc(NC(=O)NC(C)C(O)c2ccc(Br)cc2)c1. The van der Waals surface area contributed by atoms with Gasteiger partial charge in [0, 0.05) is 16.2 Å². The molecule has 2 aromatic carbocycles. The quantitative estimate of drug-likeness (QED) is 0.742. The number of amides is 2. The average Bonchev–Trinajstić information content (AvgIpc) is 2.54. The zero-order valence-electron chi connectivity index (χ0n) is 12.9. The summed E-state index contributed by atoms with van der Waals surface area (Å²) in [5.41, 5.74) is 1.36. The van der Waals surface area contributed by atoms with Crippen molar-refractivity contribution < 1.29 is 14.6 Å². The second kappa shape index (κ2) is 7.99. The van der Waals surface area contributed by atoms with Crippen LogP contribution in [-0.2, 0) is 0 Å². The molecule has 0 saturated carbocycles. The number of ether oxygens (including phenoxy) is 1. The maximum atomic E-state index is 12.0. The molecule has 0 radical (unpaired) electrons. The van der Waals surface area contributed by atoms with Crippen molar-refractivity contribution in [1.82, 2.24) is 5.32 Å². The first-order chi connectivity index (χ1) is 11.0. The van der Waals surface area contributed by atoms with Gasteiger partial charge in [0.2, 0.25) is 0 Å². The lowest BCUT2D eigenvalue weighted by atomic mass is 10.0. The molecule has 2 rings (SSSR count). The van der Waals surface area contributed by atoms with Crippen LogP contribution in [0.3, 0.4) is 0 Å². The van der Waals surface area contributed by atoms with E-state index in [0.29, 0.717) is 11.4 Å². The van der Waals surface area contributed by atoms with Gasteiger partial charge in [0.1, 0.15) is 5.75 Å². The molecule has 2 unspecified atom stereocenters. The molecule has 0 aliphatic carbocycles. The summed E-state index contributed by atoms with van der Waals surface area (Å²) in [7, 11) is 1.57. The molecular weight excluding hydrogens is 360 g/mol. The predicted molar refractivity (Wildman–Crippen MR) is 93.7 cm³/mol. The smallest absolute Gasteiger partial charge is 0.319 e. The topological polar surface area (TPSA) is 70.6 Å². The molecule has 6 heteroatoms. The fraction of sp³-hybridized carbons (Fsp3) is 0.235. The molecule has 0 saturated heterocycles. The van der Waals surface area contributed by atoms with Gasteiger partial charge in [0.05, 0.1) is 19.3 Å². The number of carbonyl (C=O) groups is 1. The fourth-order valence-electron chi connectivity index (χ4n) is 2.10. The van der Waals surface area contributed by atoms with E-state index in [0.717, 1.165) is 10.0 Å². The number of rotatable bonds is 5. The van der Waals surface area contributed by atoms with Gasteiger partial charge < -0.3 is 20.5 Å². The number of carbonyl (C=O) groups excluding carboxylic acids is 1.